The van der Waals surface area contributed by atoms with Crippen molar-refractivity contribution in [2.45, 2.75) is 13.5 Å². The predicted octanol–water partition coefficient (Wildman–Crippen LogP) is 6.58. The standard InChI is InChI=1S/C25H19IN2O5S2/c1-2-32-21-12-17(11-20(26)23(21)33-15-16-7-4-3-5-8-16)13-22-24(29)27(25(34)35-22)18-9-6-10-19(14-18)28(30)31/h3-14H,2,15H2,1H3/b22-13-. The molecule has 3 aromatic rings. The average Bonchev–Trinajstić information content (AvgIpc) is 3.12. The van der Waals surface area contributed by atoms with Gasteiger partial charge in [-0.3, -0.25) is 19.8 Å². The second kappa shape index (κ2) is 11.2. The first-order valence-corrected chi connectivity index (χ1v) is 12.8. The lowest BCUT2D eigenvalue weighted by Gasteiger charge is -2.15. The molecule has 0 aromatic heterocycles. The molecule has 0 radical (unpaired) electrons. The summed E-state index contributed by atoms with van der Waals surface area (Å²) in [6.45, 7) is 2.75. The number of hydrogen-bond acceptors (Lipinski definition) is 7. The van der Waals surface area contributed by atoms with Crippen molar-refractivity contribution in [3.05, 3.63) is 96.4 Å². The van der Waals surface area contributed by atoms with Crippen LogP contribution in [0.15, 0.2) is 71.6 Å². The summed E-state index contributed by atoms with van der Waals surface area (Å²) in [5, 5.41) is 11.1. The average molecular weight is 618 g/mol. The van der Waals surface area contributed by atoms with E-state index in [1.54, 1.807) is 12.1 Å². The molecule has 178 valence electrons. The Bertz CT molecular complexity index is 1330. The normalized spacial score (nSPS) is 14.5. The number of ether oxygens (including phenoxy) is 2. The van der Waals surface area contributed by atoms with Gasteiger partial charge in [-0.25, -0.2) is 0 Å². The number of nitrogens with zero attached hydrogens (tertiary/aromatic N) is 2. The van der Waals surface area contributed by atoms with Crippen LogP contribution in [0.5, 0.6) is 11.5 Å². The van der Waals surface area contributed by atoms with Crippen molar-refractivity contribution < 1.29 is 19.2 Å². The summed E-state index contributed by atoms with van der Waals surface area (Å²) >= 11 is 8.74. The Labute approximate surface area is 225 Å². The van der Waals surface area contributed by atoms with Crippen LogP contribution in [0.25, 0.3) is 6.08 Å². The first-order chi connectivity index (χ1) is 16.9. The summed E-state index contributed by atoms with van der Waals surface area (Å²) < 4.78 is 13.0. The lowest BCUT2D eigenvalue weighted by molar-refractivity contribution is -0.384. The first kappa shape index (κ1) is 25.1. The number of carbonyl (C=O) groups excluding carboxylic acids is 1. The summed E-state index contributed by atoms with van der Waals surface area (Å²) in [7, 11) is 0. The molecule has 3 aromatic carbocycles. The van der Waals surface area contributed by atoms with E-state index < -0.39 is 4.92 Å². The second-order valence-corrected chi connectivity index (χ2v) is 10.2. The number of thioether (sulfide) groups is 1. The van der Waals surface area contributed by atoms with Crippen LogP contribution in [0.4, 0.5) is 11.4 Å². The van der Waals surface area contributed by atoms with Crippen LogP contribution < -0.4 is 14.4 Å². The maximum atomic E-state index is 13.1. The fourth-order valence-corrected chi connectivity index (χ4v) is 5.47. The summed E-state index contributed by atoms with van der Waals surface area (Å²) in [6, 6.07) is 19.4. The van der Waals surface area contributed by atoms with E-state index in [4.69, 9.17) is 21.7 Å². The molecule has 7 nitrogen and oxygen atoms in total. The Balaban J connectivity index is 1.61. The molecule has 4 rings (SSSR count). The third-order valence-electron chi connectivity index (χ3n) is 4.95. The Morgan fingerprint density at radius 3 is 2.60 bits per heavy atom. The van der Waals surface area contributed by atoms with Crippen molar-refractivity contribution in [2.24, 2.45) is 0 Å². The minimum Gasteiger partial charge on any atom is -0.490 e. The number of thiocarbonyl (C=S) groups is 1. The van der Waals surface area contributed by atoms with E-state index >= 15 is 0 Å². The van der Waals surface area contributed by atoms with Crippen molar-refractivity contribution in [3.63, 3.8) is 0 Å². The molecule has 10 heteroatoms. The number of halogens is 1. The molecule has 0 spiro atoms. The number of non-ortho nitro benzene ring substituents is 1. The van der Waals surface area contributed by atoms with Crippen molar-refractivity contribution in [2.75, 3.05) is 11.5 Å². The van der Waals surface area contributed by atoms with Crippen LogP contribution in [0, 0.1) is 13.7 Å². The minimum absolute atomic E-state index is 0.109. The molecule has 0 bridgehead atoms. The molecule has 1 amide bonds. The molecule has 0 atom stereocenters. The highest BCUT2D eigenvalue weighted by Crippen LogP contribution is 2.39. The largest absolute Gasteiger partial charge is 0.490 e. The van der Waals surface area contributed by atoms with Crippen LogP contribution in [-0.2, 0) is 11.4 Å². The number of nitro groups is 1. The molecule has 0 aliphatic carbocycles. The van der Waals surface area contributed by atoms with Crippen molar-refractivity contribution in [1.82, 2.24) is 0 Å². The number of nitro benzene ring substituents is 1. The molecule has 0 saturated carbocycles. The molecular weight excluding hydrogens is 599 g/mol. The van der Waals surface area contributed by atoms with Crippen molar-refractivity contribution >= 4 is 74.2 Å². The van der Waals surface area contributed by atoms with Gasteiger partial charge in [-0.05, 0) is 64.9 Å². The molecule has 1 heterocycles. The zero-order valence-corrected chi connectivity index (χ0v) is 22.3. The van der Waals surface area contributed by atoms with E-state index in [0.717, 1.165) is 26.5 Å². The van der Waals surface area contributed by atoms with Gasteiger partial charge < -0.3 is 9.47 Å². The smallest absolute Gasteiger partial charge is 0.271 e. The molecule has 1 saturated heterocycles. The van der Waals surface area contributed by atoms with Crippen LogP contribution in [-0.4, -0.2) is 21.8 Å². The van der Waals surface area contributed by atoms with Crippen LogP contribution >= 0.6 is 46.6 Å². The lowest BCUT2D eigenvalue weighted by atomic mass is 10.1. The van der Waals surface area contributed by atoms with E-state index in [9.17, 15) is 14.9 Å². The van der Waals surface area contributed by atoms with Crippen molar-refractivity contribution in [3.8, 4) is 11.5 Å². The summed E-state index contributed by atoms with van der Waals surface area (Å²) in [6.07, 6.45) is 1.74. The molecule has 1 aliphatic heterocycles. The third-order valence-corrected chi connectivity index (χ3v) is 7.05. The van der Waals surface area contributed by atoms with Gasteiger partial charge in [0.15, 0.2) is 15.8 Å². The van der Waals surface area contributed by atoms with Crippen LogP contribution in [0.2, 0.25) is 0 Å². The molecule has 0 N–H and O–H groups in total. The predicted molar refractivity (Wildman–Crippen MR) is 150 cm³/mol. The number of amides is 1. The van der Waals surface area contributed by atoms with Crippen LogP contribution in [0.3, 0.4) is 0 Å². The third kappa shape index (κ3) is 5.82. The summed E-state index contributed by atoms with van der Waals surface area (Å²) in [5.74, 6) is 0.881. The SMILES string of the molecule is CCOc1cc(/C=C2\SC(=S)N(c3cccc([N+](=O)[O-])c3)C2=O)cc(I)c1OCc1ccccc1. The van der Waals surface area contributed by atoms with Gasteiger partial charge in [0.05, 0.1) is 25.7 Å². The highest BCUT2D eigenvalue weighted by Gasteiger charge is 2.34. The highest BCUT2D eigenvalue weighted by molar-refractivity contribution is 14.1. The van der Waals surface area contributed by atoms with Gasteiger partial charge in [-0.2, -0.15) is 0 Å². The quantitative estimate of drug-likeness (QED) is 0.0928. The summed E-state index contributed by atoms with van der Waals surface area (Å²) in [5.41, 5.74) is 2.05. The van der Waals surface area contributed by atoms with E-state index in [2.05, 4.69) is 22.6 Å². The van der Waals surface area contributed by atoms with Gasteiger partial charge >= 0.3 is 0 Å². The Morgan fingerprint density at radius 1 is 1.11 bits per heavy atom. The van der Waals surface area contributed by atoms with Gasteiger partial charge in [0.1, 0.15) is 6.61 Å². The topological polar surface area (TPSA) is 81.9 Å². The Morgan fingerprint density at radius 2 is 1.89 bits per heavy atom. The van der Waals surface area contributed by atoms with Gasteiger partial charge in [0, 0.05) is 12.1 Å². The van der Waals surface area contributed by atoms with Gasteiger partial charge in [-0.1, -0.05) is 60.4 Å². The van der Waals surface area contributed by atoms with Gasteiger partial charge in [0.2, 0.25) is 0 Å². The lowest BCUT2D eigenvalue weighted by Crippen LogP contribution is -2.27. The second-order valence-electron chi connectivity index (χ2n) is 7.33. The number of hydrogen-bond donors (Lipinski definition) is 0. The molecule has 35 heavy (non-hydrogen) atoms. The fraction of sp³-hybridized carbons (Fsp3) is 0.120. The number of benzene rings is 3. The van der Waals surface area contributed by atoms with Crippen LogP contribution in [0.1, 0.15) is 18.1 Å². The molecule has 0 unspecified atom stereocenters. The zero-order chi connectivity index (χ0) is 24.9. The number of anilines is 1. The van der Waals surface area contributed by atoms with E-state index in [0.29, 0.717) is 39.6 Å². The van der Waals surface area contributed by atoms with Gasteiger partial charge in [0.25, 0.3) is 11.6 Å². The molecular formula is C25H19IN2O5S2. The maximum Gasteiger partial charge on any atom is 0.271 e. The van der Waals surface area contributed by atoms with E-state index in [-0.39, 0.29) is 11.6 Å². The van der Waals surface area contributed by atoms with E-state index in [1.807, 2.05) is 49.4 Å². The zero-order valence-electron chi connectivity index (χ0n) is 18.5. The molecule has 1 aliphatic rings. The van der Waals surface area contributed by atoms with Crippen molar-refractivity contribution in [1.29, 1.82) is 0 Å². The Kier molecular flexibility index (Phi) is 8.04. The number of carbonyl (C=O) groups is 1. The maximum absolute atomic E-state index is 13.1. The minimum atomic E-state index is -0.504. The fourth-order valence-electron chi connectivity index (χ4n) is 3.39. The molecule has 1 fully saturated rings. The Hall–Kier alpha value is -2.96. The number of rotatable bonds is 8. The van der Waals surface area contributed by atoms with E-state index in [1.165, 1.54) is 23.1 Å². The summed E-state index contributed by atoms with van der Waals surface area (Å²) in [4.78, 5) is 25.5. The monoisotopic (exact) mass is 618 g/mol. The van der Waals surface area contributed by atoms with Gasteiger partial charge in [-0.15, -0.1) is 0 Å². The first-order valence-electron chi connectivity index (χ1n) is 10.5. The highest BCUT2D eigenvalue weighted by atomic mass is 127.